The third kappa shape index (κ3) is 3.01. The first-order valence-corrected chi connectivity index (χ1v) is 9.16. The summed E-state index contributed by atoms with van der Waals surface area (Å²) in [5.74, 6) is 0. The van der Waals surface area contributed by atoms with Gasteiger partial charge in [-0.15, -0.1) is 0 Å². The van der Waals surface area contributed by atoms with Crippen LogP contribution < -0.4 is 5.63 Å². The Balaban J connectivity index is 1.97. The van der Waals surface area contributed by atoms with Gasteiger partial charge in [0.15, 0.2) is 0 Å². The molecule has 0 atom stereocenters. The second-order valence-electron chi connectivity index (χ2n) is 5.40. The summed E-state index contributed by atoms with van der Waals surface area (Å²) < 4.78 is 15.9. The van der Waals surface area contributed by atoms with Crippen molar-refractivity contribution >= 4 is 46.0 Å². The topological polar surface area (TPSA) is 77.4 Å². The first-order chi connectivity index (χ1) is 12.7. The van der Waals surface area contributed by atoms with Gasteiger partial charge >= 0.3 is 5.63 Å². The highest BCUT2D eigenvalue weighted by Gasteiger charge is 2.17. The number of nitrogens with one attached hydrogen (secondary N) is 1. The lowest BCUT2D eigenvalue weighted by Crippen LogP contribution is -2.03. The first kappa shape index (κ1) is 17.2. The number of benzene rings is 2. The quantitative estimate of drug-likeness (QED) is 0.395. The normalized spacial score (nSPS) is 11.5. The Morgan fingerprint density at radius 2 is 1.85 bits per heavy atom. The summed E-state index contributed by atoms with van der Waals surface area (Å²) >= 11 is 2.39. The number of aromatic nitrogens is 2. The fraction of sp³-hybridized carbons (Fsp3) is 0.111. The predicted octanol–water partition coefficient (Wildman–Crippen LogP) is 4.64. The van der Waals surface area contributed by atoms with Crippen molar-refractivity contribution in [2.24, 2.45) is 0 Å². The molecule has 0 saturated heterocycles. The van der Waals surface area contributed by atoms with Crippen LogP contribution in [0.25, 0.3) is 33.1 Å². The van der Waals surface area contributed by atoms with Crippen LogP contribution in [0.2, 0.25) is 0 Å². The maximum Gasteiger partial charge on any atom is 0.345 e. The molecule has 6 nitrogen and oxygen atoms in total. The van der Waals surface area contributed by atoms with E-state index in [-0.39, 0.29) is 0 Å². The van der Waals surface area contributed by atoms with Crippen LogP contribution in [-0.4, -0.2) is 24.4 Å². The number of fused-ring (bicyclic) bond motifs is 2. The summed E-state index contributed by atoms with van der Waals surface area (Å²) in [6, 6.07) is 13.1. The maximum absolute atomic E-state index is 12.6. The standard InChI is InChI=1S/C18H14N2O4S2/c1-22-25-10-7-15-12(16(8-10)26-23-2)9-13(18(21)24-15)17-11-5-3-4-6-14(11)19-20-17/h3-9H,1-2H3,(H,19,20). The van der Waals surface area contributed by atoms with Gasteiger partial charge in [0, 0.05) is 44.6 Å². The van der Waals surface area contributed by atoms with Gasteiger partial charge in [-0.25, -0.2) is 4.79 Å². The molecule has 1 N–H and O–H groups in total. The Labute approximate surface area is 157 Å². The van der Waals surface area contributed by atoms with Crippen LogP contribution in [0, 0.1) is 0 Å². The highest BCUT2D eigenvalue weighted by Crippen LogP contribution is 2.35. The van der Waals surface area contributed by atoms with Gasteiger partial charge < -0.3 is 12.8 Å². The lowest BCUT2D eigenvalue weighted by atomic mass is 10.1. The van der Waals surface area contributed by atoms with Crippen molar-refractivity contribution in [2.75, 3.05) is 14.2 Å². The molecule has 26 heavy (non-hydrogen) atoms. The molecule has 0 aliphatic carbocycles. The summed E-state index contributed by atoms with van der Waals surface area (Å²) in [7, 11) is 3.17. The summed E-state index contributed by atoms with van der Waals surface area (Å²) in [5, 5.41) is 8.90. The highest BCUT2D eigenvalue weighted by molar-refractivity contribution is 7.95. The van der Waals surface area contributed by atoms with Gasteiger partial charge in [-0.1, -0.05) is 18.2 Å². The predicted molar refractivity (Wildman–Crippen MR) is 103 cm³/mol. The van der Waals surface area contributed by atoms with E-state index in [1.165, 1.54) is 24.1 Å². The Morgan fingerprint density at radius 1 is 1.04 bits per heavy atom. The SMILES string of the molecule is COSc1cc(SOC)c2cc(-c3n[nH]c4ccccc34)c(=O)oc2c1. The lowest BCUT2D eigenvalue weighted by Gasteiger charge is -2.08. The van der Waals surface area contributed by atoms with Gasteiger partial charge in [0.1, 0.15) is 11.3 Å². The fourth-order valence-electron chi connectivity index (χ4n) is 2.80. The molecule has 0 spiro atoms. The van der Waals surface area contributed by atoms with Gasteiger partial charge in [0.25, 0.3) is 0 Å². The molecular weight excluding hydrogens is 372 g/mol. The molecule has 0 aliphatic heterocycles. The van der Waals surface area contributed by atoms with Gasteiger partial charge in [0.2, 0.25) is 0 Å². The zero-order chi connectivity index (χ0) is 18.1. The van der Waals surface area contributed by atoms with E-state index in [9.17, 15) is 4.79 Å². The molecule has 2 aromatic heterocycles. The van der Waals surface area contributed by atoms with E-state index in [2.05, 4.69) is 10.2 Å². The van der Waals surface area contributed by atoms with Gasteiger partial charge in [-0.2, -0.15) is 5.10 Å². The van der Waals surface area contributed by atoms with Crippen LogP contribution in [0.4, 0.5) is 0 Å². The number of hydrogen-bond donors (Lipinski definition) is 1. The van der Waals surface area contributed by atoms with Gasteiger partial charge in [-0.3, -0.25) is 5.10 Å². The van der Waals surface area contributed by atoms with Crippen molar-refractivity contribution in [3.05, 3.63) is 52.9 Å². The number of rotatable bonds is 5. The van der Waals surface area contributed by atoms with E-state index in [4.69, 9.17) is 12.8 Å². The van der Waals surface area contributed by atoms with Crippen molar-refractivity contribution in [3.8, 4) is 11.3 Å². The zero-order valence-electron chi connectivity index (χ0n) is 13.9. The second kappa shape index (κ2) is 7.16. The first-order valence-electron chi connectivity index (χ1n) is 7.68. The molecule has 132 valence electrons. The van der Waals surface area contributed by atoms with E-state index >= 15 is 0 Å². The smallest absolute Gasteiger partial charge is 0.345 e. The molecule has 0 saturated carbocycles. The monoisotopic (exact) mass is 386 g/mol. The minimum absolute atomic E-state index is 0.403. The Kier molecular flexibility index (Phi) is 4.73. The molecule has 0 fully saturated rings. The molecule has 4 aromatic rings. The summed E-state index contributed by atoms with van der Waals surface area (Å²) in [6.45, 7) is 0. The number of aromatic amines is 1. The van der Waals surface area contributed by atoms with Crippen LogP contribution in [0.5, 0.6) is 0 Å². The van der Waals surface area contributed by atoms with E-state index in [0.29, 0.717) is 16.8 Å². The Morgan fingerprint density at radius 3 is 2.65 bits per heavy atom. The molecule has 2 aromatic carbocycles. The van der Waals surface area contributed by atoms with Crippen molar-refractivity contribution in [1.82, 2.24) is 10.2 Å². The largest absolute Gasteiger partial charge is 0.422 e. The molecule has 0 radical (unpaired) electrons. The van der Waals surface area contributed by atoms with Gasteiger partial charge in [-0.05, 0) is 24.3 Å². The maximum atomic E-state index is 12.6. The van der Waals surface area contributed by atoms with Gasteiger partial charge in [0.05, 0.1) is 25.3 Å². The Hall–Kier alpha value is -2.26. The third-order valence-corrected chi connectivity index (χ3v) is 5.15. The van der Waals surface area contributed by atoms with Crippen molar-refractivity contribution in [2.45, 2.75) is 9.79 Å². The zero-order valence-corrected chi connectivity index (χ0v) is 15.6. The molecule has 0 amide bonds. The molecule has 0 unspecified atom stereocenters. The molecular formula is C18H14N2O4S2. The molecule has 4 rings (SSSR count). The van der Waals surface area contributed by atoms with Crippen LogP contribution >= 0.6 is 24.1 Å². The fourth-order valence-corrected chi connectivity index (χ4v) is 3.99. The average Bonchev–Trinajstić information content (AvgIpc) is 3.06. The van der Waals surface area contributed by atoms with E-state index in [1.807, 2.05) is 30.3 Å². The summed E-state index contributed by atoms with van der Waals surface area (Å²) in [4.78, 5) is 14.3. The summed E-state index contributed by atoms with van der Waals surface area (Å²) in [6.07, 6.45) is 0. The number of hydrogen-bond acceptors (Lipinski definition) is 7. The van der Waals surface area contributed by atoms with E-state index < -0.39 is 5.63 Å². The molecule has 0 aliphatic rings. The van der Waals surface area contributed by atoms with Crippen molar-refractivity contribution in [3.63, 3.8) is 0 Å². The van der Waals surface area contributed by atoms with Crippen LogP contribution in [0.3, 0.4) is 0 Å². The summed E-state index contributed by atoms with van der Waals surface area (Å²) in [5.41, 5.74) is 1.86. The van der Waals surface area contributed by atoms with E-state index in [0.717, 1.165) is 26.1 Å². The highest BCUT2D eigenvalue weighted by atomic mass is 32.2. The third-order valence-electron chi connectivity index (χ3n) is 3.87. The van der Waals surface area contributed by atoms with Crippen LogP contribution in [-0.2, 0) is 8.37 Å². The molecule has 2 heterocycles. The molecule has 8 heteroatoms. The minimum Gasteiger partial charge on any atom is -0.422 e. The second-order valence-corrected chi connectivity index (χ2v) is 7.31. The number of nitrogens with zero attached hydrogens (tertiary/aromatic N) is 1. The number of H-pyrrole nitrogens is 1. The molecule has 0 bridgehead atoms. The minimum atomic E-state index is -0.442. The Bertz CT molecular complexity index is 1150. The van der Waals surface area contributed by atoms with E-state index in [1.54, 1.807) is 26.4 Å². The van der Waals surface area contributed by atoms with Crippen LogP contribution in [0.1, 0.15) is 0 Å². The van der Waals surface area contributed by atoms with Crippen LogP contribution in [0.15, 0.2) is 61.5 Å². The lowest BCUT2D eigenvalue weighted by molar-refractivity contribution is 0.488. The van der Waals surface area contributed by atoms with Crippen molar-refractivity contribution in [1.29, 1.82) is 0 Å². The number of para-hydroxylation sites is 1. The van der Waals surface area contributed by atoms with Crippen molar-refractivity contribution < 1.29 is 12.8 Å². The average molecular weight is 386 g/mol.